The second kappa shape index (κ2) is 10.2. The Labute approximate surface area is 192 Å². The van der Waals surface area contributed by atoms with E-state index in [9.17, 15) is 4.79 Å². The number of aryl methyl sites for hydroxylation is 1. The second-order valence-corrected chi connectivity index (χ2v) is 8.31. The van der Waals surface area contributed by atoms with Gasteiger partial charge in [-0.2, -0.15) is 0 Å². The zero-order chi connectivity index (χ0) is 22.5. The SMILES string of the molecule is Cc1cc(N2CCN(CCO)CC2)nc2ccc(NC(=O)COc3ccc(Cl)cc3)cc12. The maximum atomic E-state index is 12.3. The summed E-state index contributed by atoms with van der Waals surface area (Å²) in [7, 11) is 0. The molecule has 0 bridgehead atoms. The molecule has 0 radical (unpaired) electrons. The lowest BCUT2D eigenvalue weighted by molar-refractivity contribution is -0.118. The number of anilines is 2. The predicted octanol–water partition coefficient (Wildman–Crippen LogP) is 3.33. The number of rotatable bonds is 7. The summed E-state index contributed by atoms with van der Waals surface area (Å²) in [4.78, 5) is 21.7. The number of pyridine rings is 1. The van der Waals surface area contributed by atoms with Gasteiger partial charge < -0.3 is 20.1 Å². The number of benzene rings is 2. The molecule has 4 rings (SSSR count). The first kappa shape index (κ1) is 22.3. The van der Waals surface area contributed by atoms with Gasteiger partial charge in [0.2, 0.25) is 0 Å². The zero-order valence-corrected chi connectivity index (χ0v) is 18.8. The molecule has 1 fully saturated rings. The number of amides is 1. The van der Waals surface area contributed by atoms with Gasteiger partial charge in [-0.1, -0.05) is 11.6 Å². The first-order valence-electron chi connectivity index (χ1n) is 10.7. The van der Waals surface area contributed by atoms with Gasteiger partial charge in [-0.05, 0) is 61.0 Å². The first-order chi connectivity index (χ1) is 15.5. The van der Waals surface area contributed by atoms with E-state index in [4.69, 9.17) is 26.4 Å². The number of hydrogen-bond donors (Lipinski definition) is 2. The summed E-state index contributed by atoms with van der Waals surface area (Å²) in [6, 6.07) is 14.7. The van der Waals surface area contributed by atoms with E-state index in [0.29, 0.717) is 16.5 Å². The molecule has 1 amide bonds. The van der Waals surface area contributed by atoms with Crippen LogP contribution in [0.5, 0.6) is 5.75 Å². The highest BCUT2D eigenvalue weighted by Gasteiger charge is 2.18. The Morgan fingerprint density at radius 3 is 2.59 bits per heavy atom. The molecule has 2 aromatic carbocycles. The van der Waals surface area contributed by atoms with Crippen molar-refractivity contribution in [3.63, 3.8) is 0 Å². The quantitative estimate of drug-likeness (QED) is 0.570. The molecule has 1 aromatic heterocycles. The number of carbonyl (C=O) groups is 1. The van der Waals surface area contributed by atoms with Crippen molar-refractivity contribution in [2.45, 2.75) is 6.92 Å². The topological polar surface area (TPSA) is 77.9 Å². The molecular formula is C24H27ClN4O3. The van der Waals surface area contributed by atoms with Crippen LogP contribution in [0.4, 0.5) is 11.5 Å². The Hall–Kier alpha value is -2.87. The Morgan fingerprint density at radius 1 is 1.12 bits per heavy atom. The van der Waals surface area contributed by atoms with Crippen molar-refractivity contribution in [3.05, 3.63) is 59.1 Å². The number of halogens is 1. The molecule has 1 saturated heterocycles. The molecule has 1 aliphatic rings. The third-order valence-corrected chi connectivity index (χ3v) is 5.83. The average molecular weight is 455 g/mol. The minimum Gasteiger partial charge on any atom is -0.484 e. The Morgan fingerprint density at radius 2 is 1.88 bits per heavy atom. The number of nitrogens with one attached hydrogen (secondary N) is 1. The van der Waals surface area contributed by atoms with E-state index in [1.54, 1.807) is 24.3 Å². The summed E-state index contributed by atoms with van der Waals surface area (Å²) in [5.41, 5.74) is 2.71. The van der Waals surface area contributed by atoms with E-state index in [2.05, 4.69) is 28.1 Å². The van der Waals surface area contributed by atoms with Crippen molar-refractivity contribution in [2.24, 2.45) is 0 Å². The van der Waals surface area contributed by atoms with Crippen LogP contribution in [-0.2, 0) is 4.79 Å². The highest BCUT2D eigenvalue weighted by molar-refractivity contribution is 6.30. The van der Waals surface area contributed by atoms with Crippen LogP contribution in [0.15, 0.2) is 48.5 Å². The number of β-amino-alcohol motifs (C(OH)–C–C–N with tert-alkyl or cyclic N) is 1. The highest BCUT2D eigenvalue weighted by atomic mass is 35.5. The molecular weight excluding hydrogens is 428 g/mol. The summed E-state index contributed by atoms with van der Waals surface area (Å²) < 4.78 is 5.51. The van der Waals surface area contributed by atoms with Crippen molar-refractivity contribution in [1.82, 2.24) is 9.88 Å². The monoisotopic (exact) mass is 454 g/mol. The minimum atomic E-state index is -0.234. The molecule has 32 heavy (non-hydrogen) atoms. The molecule has 0 aliphatic carbocycles. The van der Waals surface area contributed by atoms with Crippen molar-refractivity contribution >= 4 is 39.9 Å². The summed E-state index contributed by atoms with van der Waals surface area (Å²) in [6.45, 7) is 6.50. The van der Waals surface area contributed by atoms with Crippen LogP contribution < -0.4 is 15.0 Å². The number of aromatic nitrogens is 1. The molecule has 1 aliphatic heterocycles. The summed E-state index contributed by atoms with van der Waals surface area (Å²) in [6.07, 6.45) is 0. The van der Waals surface area contributed by atoms with E-state index in [0.717, 1.165) is 55.0 Å². The molecule has 0 spiro atoms. The fourth-order valence-electron chi connectivity index (χ4n) is 3.83. The van der Waals surface area contributed by atoms with Crippen LogP contribution in [0.2, 0.25) is 5.02 Å². The smallest absolute Gasteiger partial charge is 0.262 e. The number of ether oxygens (including phenoxy) is 1. The van der Waals surface area contributed by atoms with Gasteiger partial charge in [0.15, 0.2) is 6.61 Å². The molecule has 2 N–H and O–H groups in total. The molecule has 0 unspecified atom stereocenters. The molecule has 8 heteroatoms. The van der Waals surface area contributed by atoms with Crippen LogP contribution in [0.1, 0.15) is 5.56 Å². The van der Waals surface area contributed by atoms with Crippen LogP contribution >= 0.6 is 11.6 Å². The number of nitrogens with zero attached hydrogens (tertiary/aromatic N) is 3. The number of piperazine rings is 1. The lowest BCUT2D eigenvalue weighted by Crippen LogP contribution is -2.47. The van der Waals surface area contributed by atoms with Crippen LogP contribution in [0.3, 0.4) is 0 Å². The van der Waals surface area contributed by atoms with Crippen LogP contribution in [0.25, 0.3) is 10.9 Å². The van der Waals surface area contributed by atoms with E-state index in [-0.39, 0.29) is 19.1 Å². The van der Waals surface area contributed by atoms with E-state index >= 15 is 0 Å². The Bertz CT molecular complexity index is 1080. The van der Waals surface area contributed by atoms with Gasteiger partial charge in [-0.3, -0.25) is 9.69 Å². The van der Waals surface area contributed by atoms with Crippen LogP contribution in [-0.4, -0.2) is 66.8 Å². The molecule has 3 aromatic rings. The van der Waals surface area contributed by atoms with Crippen molar-refractivity contribution in [1.29, 1.82) is 0 Å². The lowest BCUT2D eigenvalue weighted by Gasteiger charge is -2.35. The Balaban J connectivity index is 1.40. The standard InChI is InChI=1S/C24H27ClN4O3/c1-17-14-23(29-10-8-28(9-11-29)12-13-30)27-22-7-4-19(15-21(17)22)26-24(31)16-32-20-5-2-18(25)3-6-20/h2-7,14-15,30H,8-13,16H2,1H3,(H,26,31). The molecule has 0 saturated carbocycles. The summed E-state index contributed by atoms with van der Waals surface area (Å²) in [5.74, 6) is 1.32. The normalized spacial score (nSPS) is 14.5. The zero-order valence-electron chi connectivity index (χ0n) is 18.1. The highest BCUT2D eigenvalue weighted by Crippen LogP contribution is 2.26. The lowest BCUT2D eigenvalue weighted by atomic mass is 10.1. The van der Waals surface area contributed by atoms with Crippen LogP contribution in [0, 0.1) is 6.92 Å². The van der Waals surface area contributed by atoms with Gasteiger partial charge in [-0.25, -0.2) is 4.98 Å². The third kappa shape index (κ3) is 5.48. The predicted molar refractivity (Wildman–Crippen MR) is 128 cm³/mol. The number of hydrogen-bond acceptors (Lipinski definition) is 6. The maximum absolute atomic E-state index is 12.3. The molecule has 2 heterocycles. The largest absolute Gasteiger partial charge is 0.484 e. The summed E-state index contributed by atoms with van der Waals surface area (Å²) in [5, 5.41) is 13.6. The number of carbonyl (C=O) groups excluding carboxylic acids is 1. The van der Waals surface area contributed by atoms with E-state index in [1.807, 2.05) is 18.2 Å². The Kier molecular flexibility index (Phi) is 7.09. The number of fused-ring (bicyclic) bond motifs is 1. The molecule has 7 nitrogen and oxygen atoms in total. The fourth-order valence-corrected chi connectivity index (χ4v) is 3.96. The average Bonchev–Trinajstić information content (AvgIpc) is 2.80. The third-order valence-electron chi connectivity index (χ3n) is 5.58. The van der Waals surface area contributed by atoms with Crippen molar-refractivity contribution in [3.8, 4) is 5.75 Å². The van der Waals surface area contributed by atoms with Gasteiger partial charge in [0.25, 0.3) is 5.91 Å². The first-order valence-corrected chi connectivity index (χ1v) is 11.1. The number of aliphatic hydroxyl groups is 1. The second-order valence-electron chi connectivity index (χ2n) is 7.87. The van der Waals surface area contributed by atoms with Gasteiger partial charge in [0, 0.05) is 48.8 Å². The maximum Gasteiger partial charge on any atom is 0.262 e. The minimum absolute atomic E-state index is 0.0852. The van der Waals surface area contributed by atoms with Crippen molar-refractivity contribution < 1.29 is 14.6 Å². The molecule has 0 atom stereocenters. The van der Waals surface area contributed by atoms with E-state index < -0.39 is 0 Å². The number of aliphatic hydroxyl groups excluding tert-OH is 1. The molecule has 168 valence electrons. The van der Waals surface area contributed by atoms with Gasteiger partial charge >= 0.3 is 0 Å². The summed E-state index contributed by atoms with van der Waals surface area (Å²) >= 11 is 5.86. The fraction of sp³-hybridized carbons (Fsp3) is 0.333. The van der Waals surface area contributed by atoms with Crippen molar-refractivity contribution in [2.75, 3.05) is 56.2 Å². The van der Waals surface area contributed by atoms with Gasteiger partial charge in [-0.15, -0.1) is 0 Å². The van der Waals surface area contributed by atoms with Gasteiger partial charge in [0.05, 0.1) is 12.1 Å². The van der Waals surface area contributed by atoms with E-state index in [1.165, 1.54) is 0 Å². The van der Waals surface area contributed by atoms with Gasteiger partial charge in [0.1, 0.15) is 11.6 Å².